The third-order valence-corrected chi connectivity index (χ3v) is 4.49. The highest BCUT2D eigenvalue weighted by Gasteiger charge is 2.18. The Hall–Kier alpha value is -1.23. The van der Waals surface area contributed by atoms with Gasteiger partial charge in [-0.3, -0.25) is 0 Å². The molecular formula is C16H22N2OS. The van der Waals surface area contributed by atoms with Gasteiger partial charge in [0.1, 0.15) is 0 Å². The second kappa shape index (κ2) is 6.97. The van der Waals surface area contributed by atoms with Crippen LogP contribution in [0.25, 0.3) is 0 Å². The molecule has 0 aliphatic carbocycles. The van der Waals surface area contributed by atoms with Gasteiger partial charge in [0, 0.05) is 24.6 Å². The van der Waals surface area contributed by atoms with E-state index in [9.17, 15) is 0 Å². The molecule has 1 aromatic carbocycles. The number of ether oxygens (including phenoxy) is 1. The number of benzene rings is 1. The van der Waals surface area contributed by atoms with Crippen molar-refractivity contribution in [2.45, 2.75) is 39.5 Å². The second-order valence-electron chi connectivity index (χ2n) is 4.98. The summed E-state index contributed by atoms with van der Waals surface area (Å²) in [6.07, 6.45) is 0.0607. The molecule has 0 amide bonds. The van der Waals surface area contributed by atoms with Crippen LogP contribution in [0.1, 0.15) is 34.2 Å². The molecule has 2 atom stereocenters. The van der Waals surface area contributed by atoms with Crippen molar-refractivity contribution in [1.82, 2.24) is 10.3 Å². The molecule has 0 fully saturated rings. The molecule has 2 aromatic rings. The van der Waals surface area contributed by atoms with Crippen LogP contribution in [0.15, 0.2) is 30.3 Å². The average Bonchev–Trinajstić information content (AvgIpc) is 2.77. The minimum absolute atomic E-state index is 0.0607. The summed E-state index contributed by atoms with van der Waals surface area (Å²) in [6.45, 7) is 7.11. The van der Waals surface area contributed by atoms with E-state index in [2.05, 4.69) is 36.3 Å². The van der Waals surface area contributed by atoms with Gasteiger partial charge in [0.25, 0.3) is 0 Å². The van der Waals surface area contributed by atoms with Crippen molar-refractivity contribution in [3.63, 3.8) is 0 Å². The van der Waals surface area contributed by atoms with E-state index >= 15 is 0 Å². The third-order valence-electron chi connectivity index (χ3n) is 3.42. The molecule has 2 unspecified atom stereocenters. The Morgan fingerprint density at radius 1 is 1.25 bits per heavy atom. The lowest BCUT2D eigenvalue weighted by Gasteiger charge is -2.24. The van der Waals surface area contributed by atoms with Gasteiger partial charge in [0.15, 0.2) is 0 Å². The van der Waals surface area contributed by atoms with Crippen LogP contribution in [-0.2, 0) is 11.3 Å². The highest BCUT2D eigenvalue weighted by molar-refractivity contribution is 7.11. The summed E-state index contributed by atoms with van der Waals surface area (Å²) in [6, 6.07) is 10.6. The Morgan fingerprint density at radius 2 is 1.95 bits per heavy atom. The Kier molecular flexibility index (Phi) is 5.29. The fourth-order valence-electron chi connectivity index (χ4n) is 2.37. The fourth-order valence-corrected chi connectivity index (χ4v) is 3.26. The first kappa shape index (κ1) is 15.2. The highest BCUT2D eigenvalue weighted by atomic mass is 32.1. The summed E-state index contributed by atoms with van der Waals surface area (Å²) in [5.74, 6) is 0. The molecule has 0 bridgehead atoms. The Labute approximate surface area is 125 Å². The number of aryl methyl sites for hydroxylation is 2. The van der Waals surface area contributed by atoms with Crippen LogP contribution in [0.5, 0.6) is 0 Å². The molecule has 0 saturated carbocycles. The van der Waals surface area contributed by atoms with Crippen LogP contribution >= 0.6 is 11.3 Å². The minimum atomic E-state index is 0.0607. The maximum absolute atomic E-state index is 5.65. The molecule has 20 heavy (non-hydrogen) atoms. The van der Waals surface area contributed by atoms with Crippen molar-refractivity contribution in [3.05, 3.63) is 51.5 Å². The molecule has 0 spiro atoms. The summed E-state index contributed by atoms with van der Waals surface area (Å²) in [4.78, 5) is 5.76. The maximum Gasteiger partial charge on any atom is 0.0971 e. The summed E-state index contributed by atoms with van der Waals surface area (Å²) in [5.41, 5.74) is 2.33. The van der Waals surface area contributed by atoms with Gasteiger partial charge in [0.2, 0.25) is 0 Å². The maximum atomic E-state index is 5.65. The van der Waals surface area contributed by atoms with E-state index in [-0.39, 0.29) is 12.1 Å². The van der Waals surface area contributed by atoms with Crippen LogP contribution in [0.4, 0.5) is 0 Å². The molecule has 0 saturated heterocycles. The molecule has 1 N–H and O–H groups in total. The number of aromatic nitrogens is 1. The van der Waals surface area contributed by atoms with Gasteiger partial charge in [-0.15, -0.1) is 11.3 Å². The van der Waals surface area contributed by atoms with E-state index in [1.165, 1.54) is 10.4 Å². The van der Waals surface area contributed by atoms with Crippen molar-refractivity contribution in [3.8, 4) is 0 Å². The number of rotatable bonds is 6. The Morgan fingerprint density at radius 3 is 2.50 bits per heavy atom. The van der Waals surface area contributed by atoms with E-state index in [1.807, 2.05) is 25.1 Å². The predicted molar refractivity (Wildman–Crippen MR) is 84.1 cm³/mol. The first-order valence-electron chi connectivity index (χ1n) is 6.86. The number of methoxy groups -OCH3 is 1. The summed E-state index contributed by atoms with van der Waals surface area (Å²) >= 11 is 1.76. The smallest absolute Gasteiger partial charge is 0.0971 e. The molecule has 2 rings (SSSR count). The van der Waals surface area contributed by atoms with Crippen LogP contribution < -0.4 is 5.32 Å². The Bertz CT molecular complexity index is 539. The lowest BCUT2D eigenvalue weighted by atomic mass is 10.0. The van der Waals surface area contributed by atoms with Crippen molar-refractivity contribution in [1.29, 1.82) is 0 Å². The number of hydrogen-bond donors (Lipinski definition) is 1. The van der Waals surface area contributed by atoms with Gasteiger partial charge in [-0.1, -0.05) is 30.3 Å². The zero-order valence-electron chi connectivity index (χ0n) is 12.5. The zero-order valence-corrected chi connectivity index (χ0v) is 13.3. The number of thiazole rings is 1. The van der Waals surface area contributed by atoms with Gasteiger partial charge in [-0.05, 0) is 26.3 Å². The molecule has 1 heterocycles. The Balaban J connectivity index is 2.00. The quantitative estimate of drug-likeness (QED) is 0.882. The van der Waals surface area contributed by atoms with Crippen molar-refractivity contribution >= 4 is 11.3 Å². The summed E-state index contributed by atoms with van der Waals surface area (Å²) in [7, 11) is 1.76. The molecule has 108 valence electrons. The van der Waals surface area contributed by atoms with E-state index < -0.39 is 0 Å². The molecular weight excluding hydrogens is 268 g/mol. The summed E-state index contributed by atoms with van der Waals surface area (Å²) in [5, 5.41) is 4.67. The monoisotopic (exact) mass is 290 g/mol. The van der Waals surface area contributed by atoms with Gasteiger partial charge in [-0.2, -0.15) is 0 Å². The molecule has 1 aromatic heterocycles. The molecule has 0 aliphatic heterocycles. The van der Waals surface area contributed by atoms with Gasteiger partial charge >= 0.3 is 0 Å². The predicted octanol–water partition coefficient (Wildman–Crippen LogP) is 3.63. The topological polar surface area (TPSA) is 34.1 Å². The van der Waals surface area contributed by atoms with E-state index in [4.69, 9.17) is 4.74 Å². The third kappa shape index (κ3) is 3.66. The standard InChI is InChI=1S/C16H22N2OS/c1-11-15(20-13(3)18-11)10-17-12(2)16(19-4)14-8-6-5-7-9-14/h5-9,12,16-17H,10H2,1-4H3. The van der Waals surface area contributed by atoms with Gasteiger partial charge in [-0.25, -0.2) is 4.98 Å². The first-order valence-corrected chi connectivity index (χ1v) is 7.67. The van der Waals surface area contributed by atoms with Crippen LogP contribution in [0.3, 0.4) is 0 Å². The molecule has 4 heteroatoms. The van der Waals surface area contributed by atoms with Crippen LogP contribution in [-0.4, -0.2) is 18.1 Å². The summed E-state index contributed by atoms with van der Waals surface area (Å²) < 4.78 is 5.65. The van der Waals surface area contributed by atoms with Crippen molar-refractivity contribution in [2.75, 3.05) is 7.11 Å². The number of nitrogens with one attached hydrogen (secondary N) is 1. The van der Waals surface area contributed by atoms with Crippen LogP contribution in [0.2, 0.25) is 0 Å². The van der Waals surface area contributed by atoms with Crippen LogP contribution in [0, 0.1) is 13.8 Å². The normalized spacial score (nSPS) is 14.2. The first-order chi connectivity index (χ1) is 9.61. The molecule has 0 aliphatic rings. The van der Waals surface area contributed by atoms with Crippen molar-refractivity contribution < 1.29 is 4.74 Å². The number of nitrogens with zero attached hydrogens (tertiary/aromatic N) is 1. The van der Waals surface area contributed by atoms with Crippen molar-refractivity contribution in [2.24, 2.45) is 0 Å². The number of hydrogen-bond acceptors (Lipinski definition) is 4. The van der Waals surface area contributed by atoms with E-state index in [0.29, 0.717) is 0 Å². The lowest BCUT2D eigenvalue weighted by molar-refractivity contribution is 0.0730. The molecule has 3 nitrogen and oxygen atoms in total. The highest BCUT2D eigenvalue weighted by Crippen LogP contribution is 2.22. The zero-order chi connectivity index (χ0) is 14.5. The van der Waals surface area contributed by atoms with Gasteiger partial charge in [0.05, 0.1) is 16.8 Å². The van der Waals surface area contributed by atoms with E-state index in [0.717, 1.165) is 17.2 Å². The SMILES string of the molecule is COC(c1ccccc1)C(C)NCc1sc(C)nc1C. The lowest BCUT2D eigenvalue weighted by Crippen LogP contribution is -2.32. The van der Waals surface area contributed by atoms with Gasteiger partial charge < -0.3 is 10.1 Å². The second-order valence-corrected chi connectivity index (χ2v) is 6.27. The van der Waals surface area contributed by atoms with E-state index in [1.54, 1.807) is 18.4 Å². The largest absolute Gasteiger partial charge is 0.375 e. The minimum Gasteiger partial charge on any atom is -0.375 e. The fraction of sp³-hybridized carbons (Fsp3) is 0.438. The average molecular weight is 290 g/mol. The molecule has 0 radical (unpaired) electrons.